The van der Waals surface area contributed by atoms with E-state index in [0.717, 1.165) is 17.1 Å². The lowest BCUT2D eigenvalue weighted by Crippen LogP contribution is -2.16. The Morgan fingerprint density at radius 3 is 2.80 bits per heavy atom. The highest BCUT2D eigenvalue weighted by Crippen LogP contribution is 2.30. The normalized spacial score (nSPS) is 11.3. The number of carbonyl (C=O) groups excluding carboxylic acids is 1. The van der Waals surface area contributed by atoms with Gasteiger partial charge in [-0.05, 0) is 37.1 Å². The molecule has 3 heterocycles. The molecule has 0 radical (unpaired) electrons. The third-order valence-electron chi connectivity index (χ3n) is 4.72. The number of rotatable bonds is 8. The number of carbonyl (C=O) groups is 1. The van der Waals surface area contributed by atoms with Gasteiger partial charge in [0.2, 0.25) is 4.96 Å². The number of nitriles is 1. The number of nitrogens with one attached hydrogen (secondary N) is 1. The molecule has 4 aromatic rings. The molecule has 12 heteroatoms. The summed E-state index contributed by atoms with van der Waals surface area (Å²) in [5.74, 6) is 0.269. The van der Waals surface area contributed by atoms with Crippen molar-refractivity contribution in [2.45, 2.75) is 26.9 Å². The largest absolute Gasteiger partial charge is 0.493 e. The van der Waals surface area contributed by atoms with Crippen LogP contribution in [0.4, 0.5) is 5.13 Å². The van der Waals surface area contributed by atoms with Crippen molar-refractivity contribution in [3.8, 4) is 17.6 Å². The molecule has 178 valence electrons. The van der Waals surface area contributed by atoms with Gasteiger partial charge < -0.3 is 9.47 Å². The molecule has 0 aliphatic carbocycles. The van der Waals surface area contributed by atoms with Crippen LogP contribution >= 0.6 is 22.7 Å². The number of methoxy groups -OCH3 is 1. The van der Waals surface area contributed by atoms with Crippen molar-refractivity contribution in [3.05, 3.63) is 67.5 Å². The van der Waals surface area contributed by atoms with Crippen LogP contribution in [0.1, 0.15) is 28.9 Å². The van der Waals surface area contributed by atoms with Crippen LogP contribution in [0.2, 0.25) is 0 Å². The molecule has 0 bridgehead atoms. The van der Waals surface area contributed by atoms with Crippen molar-refractivity contribution >= 4 is 44.7 Å². The Bertz CT molecular complexity index is 1530. The molecule has 0 saturated carbocycles. The molecule has 0 fully saturated rings. The first-order valence-electron chi connectivity index (χ1n) is 10.4. The van der Waals surface area contributed by atoms with Crippen molar-refractivity contribution in [2.24, 2.45) is 0 Å². The highest BCUT2D eigenvalue weighted by molar-refractivity contribution is 7.16. The molecular formula is C23H20N6O4S2. The second-order valence-electron chi connectivity index (χ2n) is 7.25. The zero-order valence-corrected chi connectivity index (χ0v) is 20.7. The van der Waals surface area contributed by atoms with Crippen LogP contribution in [0.5, 0.6) is 11.5 Å². The third kappa shape index (κ3) is 5.53. The number of fused-ring (bicyclic) bond motifs is 1. The number of benzene rings is 1. The van der Waals surface area contributed by atoms with Crippen LogP contribution in [0, 0.1) is 18.3 Å². The summed E-state index contributed by atoms with van der Waals surface area (Å²) < 4.78 is 12.5. The van der Waals surface area contributed by atoms with Gasteiger partial charge in [-0.3, -0.25) is 14.9 Å². The maximum absolute atomic E-state index is 12.5. The van der Waals surface area contributed by atoms with E-state index < -0.39 is 5.91 Å². The molecule has 1 N–H and O–H groups in total. The Morgan fingerprint density at radius 1 is 1.29 bits per heavy atom. The van der Waals surface area contributed by atoms with Gasteiger partial charge in [0.1, 0.15) is 23.3 Å². The third-order valence-corrected chi connectivity index (χ3v) is 6.65. The predicted octanol–water partition coefficient (Wildman–Crippen LogP) is 3.61. The van der Waals surface area contributed by atoms with Crippen LogP contribution in [-0.4, -0.2) is 32.6 Å². The summed E-state index contributed by atoms with van der Waals surface area (Å²) in [5.41, 5.74) is 1.47. The lowest BCUT2D eigenvalue weighted by Gasteiger charge is -2.11. The number of thiazole rings is 1. The van der Waals surface area contributed by atoms with Crippen LogP contribution < -0.4 is 20.3 Å². The van der Waals surface area contributed by atoms with E-state index in [0.29, 0.717) is 32.8 Å². The fourth-order valence-electron chi connectivity index (χ4n) is 3.05. The van der Waals surface area contributed by atoms with Crippen molar-refractivity contribution < 1.29 is 14.3 Å². The van der Waals surface area contributed by atoms with Gasteiger partial charge in [0.05, 0.1) is 18.5 Å². The first kappa shape index (κ1) is 24.1. The van der Waals surface area contributed by atoms with E-state index >= 15 is 0 Å². The topological polar surface area (TPSA) is 132 Å². The number of aromatic nitrogens is 4. The molecular weight excluding hydrogens is 488 g/mol. The Balaban J connectivity index is 1.51. The summed E-state index contributed by atoms with van der Waals surface area (Å²) in [6.45, 7) is 3.83. The average Bonchev–Trinajstić information content (AvgIpc) is 3.47. The van der Waals surface area contributed by atoms with Gasteiger partial charge in [0.15, 0.2) is 16.6 Å². The summed E-state index contributed by atoms with van der Waals surface area (Å²) in [6, 6.07) is 8.30. The van der Waals surface area contributed by atoms with Crippen LogP contribution in [0.15, 0.2) is 40.0 Å². The summed E-state index contributed by atoms with van der Waals surface area (Å²) in [7, 11) is 1.48. The van der Waals surface area contributed by atoms with Crippen LogP contribution in [0.25, 0.3) is 11.0 Å². The van der Waals surface area contributed by atoms with Crippen molar-refractivity contribution in [2.75, 3.05) is 12.4 Å². The summed E-state index contributed by atoms with van der Waals surface area (Å²) in [6.07, 6.45) is 2.17. The van der Waals surface area contributed by atoms with E-state index in [-0.39, 0.29) is 17.7 Å². The van der Waals surface area contributed by atoms with Gasteiger partial charge in [-0.2, -0.15) is 14.9 Å². The van der Waals surface area contributed by atoms with Gasteiger partial charge in [-0.15, -0.1) is 11.3 Å². The number of hydrogen-bond donors (Lipinski definition) is 1. The number of ether oxygens (including phenoxy) is 2. The summed E-state index contributed by atoms with van der Waals surface area (Å²) in [4.78, 5) is 33.9. The number of amides is 1. The second-order valence-corrected chi connectivity index (χ2v) is 9.15. The fraction of sp³-hybridized carbons (Fsp3) is 0.217. The average molecular weight is 509 g/mol. The lowest BCUT2D eigenvalue weighted by molar-refractivity contribution is -0.112. The van der Waals surface area contributed by atoms with E-state index in [9.17, 15) is 14.9 Å². The van der Waals surface area contributed by atoms with E-state index in [1.807, 2.05) is 19.9 Å². The maximum Gasteiger partial charge on any atom is 0.275 e. The zero-order chi connectivity index (χ0) is 24.9. The Hall–Kier alpha value is -4.08. The van der Waals surface area contributed by atoms with E-state index in [1.165, 1.54) is 46.4 Å². The molecule has 0 atom stereocenters. The Labute approximate surface area is 208 Å². The van der Waals surface area contributed by atoms with E-state index in [4.69, 9.17) is 9.47 Å². The highest BCUT2D eigenvalue weighted by atomic mass is 32.1. The van der Waals surface area contributed by atoms with E-state index in [2.05, 4.69) is 20.4 Å². The Morgan fingerprint density at radius 2 is 2.11 bits per heavy atom. The SMILES string of the molecule is CCc1nn2c(=O)cc(COc3ccc(C=C(C#N)C(=O)Nc4nc(C)cs4)cc3OC)nc2s1. The quantitative estimate of drug-likeness (QED) is 0.282. The minimum absolute atomic E-state index is 0.0513. The number of anilines is 1. The molecule has 1 amide bonds. The lowest BCUT2D eigenvalue weighted by atomic mass is 10.1. The Kier molecular flexibility index (Phi) is 7.19. The minimum atomic E-state index is -0.553. The van der Waals surface area contributed by atoms with Gasteiger partial charge >= 0.3 is 0 Å². The number of hydrogen-bond acceptors (Lipinski definition) is 10. The molecule has 1 aromatic carbocycles. The molecule has 0 spiro atoms. The fourth-order valence-corrected chi connectivity index (χ4v) is 4.59. The molecule has 0 saturated heterocycles. The molecule has 0 aliphatic rings. The van der Waals surface area contributed by atoms with Crippen molar-refractivity contribution in [1.29, 1.82) is 5.26 Å². The maximum atomic E-state index is 12.5. The number of aryl methyl sites for hydroxylation is 2. The summed E-state index contributed by atoms with van der Waals surface area (Å²) >= 11 is 2.64. The first-order valence-corrected chi connectivity index (χ1v) is 12.1. The van der Waals surface area contributed by atoms with Gasteiger partial charge in [-0.25, -0.2) is 9.97 Å². The molecule has 35 heavy (non-hydrogen) atoms. The molecule has 4 rings (SSSR count). The summed E-state index contributed by atoms with van der Waals surface area (Å²) in [5, 5.41) is 19.4. The monoisotopic (exact) mass is 508 g/mol. The van der Waals surface area contributed by atoms with Crippen LogP contribution in [-0.2, 0) is 17.8 Å². The van der Waals surface area contributed by atoms with Gasteiger partial charge in [-0.1, -0.05) is 24.3 Å². The zero-order valence-electron chi connectivity index (χ0n) is 19.1. The smallest absolute Gasteiger partial charge is 0.275 e. The molecule has 10 nitrogen and oxygen atoms in total. The first-order chi connectivity index (χ1) is 16.9. The van der Waals surface area contributed by atoms with Gasteiger partial charge in [0, 0.05) is 11.4 Å². The molecule has 3 aromatic heterocycles. The second kappa shape index (κ2) is 10.5. The van der Waals surface area contributed by atoms with Crippen molar-refractivity contribution in [3.63, 3.8) is 0 Å². The van der Waals surface area contributed by atoms with Crippen LogP contribution in [0.3, 0.4) is 0 Å². The van der Waals surface area contributed by atoms with Crippen molar-refractivity contribution in [1.82, 2.24) is 19.6 Å². The van der Waals surface area contributed by atoms with E-state index in [1.54, 1.807) is 23.6 Å². The minimum Gasteiger partial charge on any atom is -0.493 e. The highest BCUT2D eigenvalue weighted by Gasteiger charge is 2.14. The standard InChI is InChI=1S/C23H20N6O4S2/c1-4-19-28-29-20(30)9-16(26-23(29)35-19)11-33-17-6-5-14(8-18(17)32-3)7-15(10-24)21(31)27-22-25-13(2)12-34-22/h5-9,12H,4,11H2,1-3H3,(H,25,27,31). The predicted molar refractivity (Wildman–Crippen MR) is 133 cm³/mol. The number of nitrogens with zero attached hydrogens (tertiary/aromatic N) is 5. The molecule has 0 unspecified atom stereocenters. The molecule has 0 aliphatic heterocycles. The van der Waals surface area contributed by atoms with Gasteiger partial charge in [0.25, 0.3) is 11.5 Å².